The van der Waals surface area contributed by atoms with Crippen molar-refractivity contribution in [1.82, 2.24) is 9.55 Å². The SMILES string of the molecule is COc1ccnc(C(c2ccc(OC(F)(F)F)c(F)c2)n2ccccc2=O)c1. The van der Waals surface area contributed by atoms with E-state index in [1.54, 1.807) is 18.2 Å². The molecule has 0 fully saturated rings. The molecule has 0 saturated carbocycles. The highest BCUT2D eigenvalue weighted by atomic mass is 19.4. The lowest BCUT2D eigenvalue weighted by Crippen LogP contribution is -2.26. The van der Waals surface area contributed by atoms with Crippen molar-refractivity contribution in [3.63, 3.8) is 0 Å². The standard InChI is InChI=1S/C19H14F4N2O3/c1-27-13-7-8-24-15(11-13)18(25-9-3-2-4-17(25)26)12-5-6-16(14(20)10-12)28-19(21,22)23/h2-11,18H,1H3. The highest BCUT2D eigenvalue weighted by Gasteiger charge is 2.32. The maximum absolute atomic E-state index is 14.3. The van der Waals surface area contributed by atoms with Gasteiger partial charge in [0.25, 0.3) is 5.56 Å². The fourth-order valence-corrected chi connectivity index (χ4v) is 2.73. The van der Waals surface area contributed by atoms with Gasteiger partial charge in [-0.2, -0.15) is 0 Å². The summed E-state index contributed by atoms with van der Waals surface area (Å²) in [5.74, 6) is -1.72. The van der Waals surface area contributed by atoms with Gasteiger partial charge in [0.1, 0.15) is 11.8 Å². The summed E-state index contributed by atoms with van der Waals surface area (Å²) in [5.41, 5.74) is 0.158. The van der Waals surface area contributed by atoms with Gasteiger partial charge in [-0.3, -0.25) is 9.78 Å². The molecule has 2 heterocycles. The van der Waals surface area contributed by atoms with Gasteiger partial charge in [-0.05, 0) is 29.8 Å². The van der Waals surface area contributed by atoms with Crippen LogP contribution in [0.25, 0.3) is 0 Å². The van der Waals surface area contributed by atoms with Crippen LogP contribution in [-0.2, 0) is 0 Å². The second-order valence-electron chi connectivity index (χ2n) is 5.71. The van der Waals surface area contributed by atoms with E-state index in [4.69, 9.17) is 4.74 Å². The summed E-state index contributed by atoms with van der Waals surface area (Å²) in [4.78, 5) is 16.6. The first-order valence-electron chi connectivity index (χ1n) is 8.01. The Hall–Kier alpha value is -3.36. The predicted molar refractivity (Wildman–Crippen MR) is 91.8 cm³/mol. The fraction of sp³-hybridized carbons (Fsp3) is 0.158. The number of nitrogens with zero attached hydrogens (tertiary/aromatic N) is 2. The number of methoxy groups -OCH3 is 1. The van der Waals surface area contributed by atoms with Crippen LogP contribution in [0.15, 0.2) is 65.7 Å². The third kappa shape index (κ3) is 4.30. The van der Waals surface area contributed by atoms with Gasteiger partial charge in [0, 0.05) is 24.5 Å². The highest BCUT2D eigenvalue weighted by Crippen LogP contribution is 2.31. The van der Waals surface area contributed by atoms with Gasteiger partial charge < -0.3 is 14.0 Å². The number of halogens is 4. The van der Waals surface area contributed by atoms with Crippen LogP contribution < -0.4 is 15.0 Å². The van der Waals surface area contributed by atoms with Gasteiger partial charge in [-0.15, -0.1) is 13.2 Å². The lowest BCUT2D eigenvalue weighted by atomic mass is 10.0. The van der Waals surface area contributed by atoms with Crippen molar-refractivity contribution in [2.75, 3.05) is 7.11 Å². The van der Waals surface area contributed by atoms with Crippen molar-refractivity contribution in [2.24, 2.45) is 0 Å². The van der Waals surface area contributed by atoms with Crippen LogP contribution >= 0.6 is 0 Å². The number of pyridine rings is 2. The maximum atomic E-state index is 14.3. The van der Waals surface area contributed by atoms with Crippen LogP contribution in [0.3, 0.4) is 0 Å². The second-order valence-corrected chi connectivity index (χ2v) is 5.71. The molecule has 0 radical (unpaired) electrons. The Morgan fingerprint density at radius 1 is 1.11 bits per heavy atom. The van der Waals surface area contributed by atoms with Crippen LogP contribution in [0.5, 0.6) is 11.5 Å². The Labute approximate surface area is 156 Å². The molecule has 0 aliphatic heterocycles. The lowest BCUT2D eigenvalue weighted by molar-refractivity contribution is -0.275. The van der Waals surface area contributed by atoms with E-state index in [-0.39, 0.29) is 5.56 Å². The third-order valence-electron chi connectivity index (χ3n) is 3.89. The van der Waals surface area contributed by atoms with Crippen molar-refractivity contribution >= 4 is 0 Å². The minimum absolute atomic E-state index is 0.209. The minimum atomic E-state index is -5.02. The average molecular weight is 394 g/mol. The number of hydrogen-bond donors (Lipinski definition) is 0. The Bertz CT molecular complexity index is 1030. The predicted octanol–water partition coefficient (Wildman–Crippen LogP) is 3.93. The highest BCUT2D eigenvalue weighted by molar-refractivity contribution is 5.37. The summed E-state index contributed by atoms with van der Waals surface area (Å²) in [7, 11) is 1.45. The normalized spacial score (nSPS) is 12.5. The summed E-state index contributed by atoms with van der Waals surface area (Å²) in [6.07, 6.45) is -2.09. The molecular weight excluding hydrogens is 380 g/mol. The molecule has 1 unspecified atom stereocenters. The number of rotatable bonds is 5. The Kier molecular flexibility index (Phi) is 5.34. The van der Waals surface area contributed by atoms with Crippen LogP contribution in [0.2, 0.25) is 0 Å². The van der Waals surface area contributed by atoms with Gasteiger partial charge in [-0.25, -0.2) is 4.39 Å². The van der Waals surface area contributed by atoms with Crippen molar-refractivity contribution in [2.45, 2.75) is 12.4 Å². The molecule has 0 N–H and O–H groups in total. The van der Waals surface area contributed by atoms with E-state index in [0.717, 1.165) is 12.1 Å². The van der Waals surface area contributed by atoms with Crippen LogP contribution in [0.4, 0.5) is 17.6 Å². The molecule has 146 valence electrons. The Morgan fingerprint density at radius 2 is 1.89 bits per heavy atom. The van der Waals surface area contributed by atoms with Gasteiger partial charge in [-0.1, -0.05) is 12.1 Å². The Morgan fingerprint density at radius 3 is 2.54 bits per heavy atom. The summed E-state index contributed by atoms with van der Waals surface area (Å²) in [5, 5.41) is 0. The van der Waals surface area contributed by atoms with E-state index < -0.39 is 29.5 Å². The molecule has 0 spiro atoms. The van der Waals surface area contributed by atoms with Crippen molar-refractivity contribution in [3.05, 3.63) is 88.4 Å². The number of hydrogen-bond acceptors (Lipinski definition) is 4. The molecule has 5 nitrogen and oxygen atoms in total. The number of benzene rings is 1. The van der Waals surface area contributed by atoms with E-state index in [0.29, 0.717) is 11.4 Å². The van der Waals surface area contributed by atoms with E-state index in [1.165, 1.54) is 42.3 Å². The van der Waals surface area contributed by atoms with E-state index in [1.807, 2.05) is 0 Å². The van der Waals surface area contributed by atoms with Gasteiger partial charge >= 0.3 is 6.36 Å². The first-order chi connectivity index (χ1) is 13.3. The molecule has 3 rings (SSSR count). The summed E-state index contributed by atoms with van der Waals surface area (Å²) in [6.45, 7) is 0. The number of ether oxygens (including phenoxy) is 2. The van der Waals surface area contributed by atoms with Crippen molar-refractivity contribution in [3.8, 4) is 11.5 Å². The molecule has 28 heavy (non-hydrogen) atoms. The largest absolute Gasteiger partial charge is 0.573 e. The van der Waals surface area contributed by atoms with E-state index in [2.05, 4.69) is 9.72 Å². The zero-order valence-electron chi connectivity index (χ0n) is 14.5. The first-order valence-corrected chi connectivity index (χ1v) is 8.01. The maximum Gasteiger partial charge on any atom is 0.573 e. The average Bonchev–Trinajstić information content (AvgIpc) is 2.65. The molecule has 3 aromatic rings. The van der Waals surface area contributed by atoms with E-state index in [9.17, 15) is 22.4 Å². The van der Waals surface area contributed by atoms with Crippen LogP contribution in [0, 0.1) is 5.82 Å². The quantitative estimate of drug-likeness (QED) is 0.616. The van der Waals surface area contributed by atoms with Crippen LogP contribution in [-0.4, -0.2) is 23.0 Å². The van der Waals surface area contributed by atoms with E-state index >= 15 is 0 Å². The molecule has 0 aliphatic rings. The zero-order chi connectivity index (χ0) is 20.3. The molecular formula is C19H14F4N2O3. The smallest absolute Gasteiger partial charge is 0.497 e. The second kappa shape index (κ2) is 7.71. The molecule has 1 aromatic carbocycles. The first kappa shape index (κ1) is 19.4. The van der Waals surface area contributed by atoms with Crippen molar-refractivity contribution in [1.29, 1.82) is 0 Å². The number of alkyl halides is 3. The molecule has 0 aliphatic carbocycles. The molecule has 9 heteroatoms. The molecule has 2 aromatic heterocycles. The van der Waals surface area contributed by atoms with Crippen LogP contribution in [0.1, 0.15) is 17.3 Å². The zero-order valence-corrected chi connectivity index (χ0v) is 14.5. The molecule has 1 atom stereocenters. The fourth-order valence-electron chi connectivity index (χ4n) is 2.73. The van der Waals surface area contributed by atoms with Gasteiger partial charge in [0.2, 0.25) is 0 Å². The minimum Gasteiger partial charge on any atom is -0.497 e. The van der Waals surface area contributed by atoms with Gasteiger partial charge in [0.05, 0.1) is 12.8 Å². The monoisotopic (exact) mass is 394 g/mol. The topological polar surface area (TPSA) is 53.4 Å². The summed E-state index contributed by atoms with van der Waals surface area (Å²) >= 11 is 0. The van der Waals surface area contributed by atoms with Gasteiger partial charge in [0.15, 0.2) is 11.6 Å². The summed E-state index contributed by atoms with van der Waals surface area (Å²) < 4.78 is 61.5. The number of aromatic nitrogens is 2. The molecule has 0 amide bonds. The third-order valence-corrected chi connectivity index (χ3v) is 3.89. The molecule has 0 saturated heterocycles. The summed E-state index contributed by atoms with van der Waals surface area (Å²) in [6, 6.07) is 9.70. The van der Waals surface area contributed by atoms with Crippen molar-refractivity contribution < 1.29 is 27.0 Å². The molecule has 0 bridgehead atoms. The lowest BCUT2D eigenvalue weighted by Gasteiger charge is -2.21. The Balaban J connectivity index is 2.13.